The van der Waals surface area contributed by atoms with Gasteiger partial charge in [0.2, 0.25) is 15.9 Å². The number of hydrogen-bond acceptors (Lipinski definition) is 8. The summed E-state index contributed by atoms with van der Waals surface area (Å²) in [4.78, 5) is 8.81. The van der Waals surface area contributed by atoms with Gasteiger partial charge in [-0.1, -0.05) is 30.3 Å². The van der Waals surface area contributed by atoms with Gasteiger partial charge in [-0.05, 0) is 42.7 Å². The van der Waals surface area contributed by atoms with Crippen LogP contribution in [0.5, 0.6) is 11.6 Å². The maximum Gasteiger partial charge on any atom is 0.233 e. The zero-order chi connectivity index (χ0) is 25.3. The summed E-state index contributed by atoms with van der Waals surface area (Å²) in [7, 11) is -6.71. The molecule has 0 bridgehead atoms. The molecule has 0 amide bonds. The zero-order valence-corrected chi connectivity index (χ0v) is 21.2. The van der Waals surface area contributed by atoms with Crippen molar-refractivity contribution in [2.24, 2.45) is 0 Å². The molecule has 1 saturated heterocycles. The van der Waals surface area contributed by atoms with E-state index in [0.717, 1.165) is 11.8 Å². The fourth-order valence-electron chi connectivity index (χ4n) is 4.30. The Morgan fingerprint density at radius 2 is 1.64 bits per heavy atom. The molecular weight excluding hydrogens is 502 g/mol. The fourth-order valence-corrected chi connectivity index (χ4v) is 6.49. The molecule has 2 aromatic carbocycles. The van der Waals surface area contributed by atoms with Crippen molar-refractivity contribution in [3.05, 3.63) is 72.7 Å². The Morgan fingerprint density at radius 1 is 0.944 bits per heavy atom. The SMILES string of the molecule is CS(=O)(=O)c1ccc(Oc2ncnc3c2cnn3C2CCN(S(=O)(=O)Cc3ccccc3)CC2)cc1. The summed E-state index contributed by atoms with van der Waals surface area (Å²) in [5.74, 6) is 0.732. The molecular formula is C24H25N5O5S2. The number of benzene rings is 2. The second-order valence-electron chi connectivity index (χ2n) is 8.72. The van der Waals surface area contributed by atoms with Crippen LogP contribution in [-0.4, -0.2) is 60.2 Å². The highest BCUT2D eigenvalue weighted by molar-refractivity contribution is 7.90. The van der Waals surface area contributed by atoms with Crippen LogP contribution in [0.3, 0.4) is 0 Å². The van der Waals surface area contributed by atoms with E-state index in [4.69, 9.17) is 4.74 Å². The number of sulfonamides is 1. The van der Waals surface area contributed by atoms with E-state index in [9.17, 15) is 16.8 Å². The average Bonchev–Trinajstić information content (AvgIpc) is 3.30. The highest BCUT2D eigenvalue weighted by Gasteiger charge is 2.30. The van der Waals surface area contributed by atoms with Gasteiger partial charge in [0.25, 0.3) is 0 Å². The number of rotatable bonds is 7. The maximum atomic E-state index is 12.9. The summed E-state index contributed by atoms with van der Waals surface area (Å²) in [6.45, 7) is 0.810. The monoisotopic (exact) mass is 527 g/mol. The first-order valence-corrected chi connectivity index (χ1v) is 14.9. The number of piperidine rings is 1. The van der Waals surface area contributed by atoms with Crippen LogP contribution >= 0.6 is 0 Å². The van der Waals surface area contributed by atoms with E-state index in [-0.39, 0.29) is 16.7 Å². The van der Waals surface area contributed by atoms with Crippen molar-refractivity contribution in [3.63, 3.8) is 0 Å². The van der Waals surface area contributed by atoms with Crippen LogP contribution in [0.2, 0.25) is 0 Å². The highest BCUT2D eigenvalue weighted by atomic mass is 32.2. The largest absolute Gasteiger partial charge is 0.438 e. The maximum absolute atomic E-state index is 12.9. The lowest BCUT2D eigenvalue weighted by Gasteiger charge is -2.31. The van der Waals surface area contributed by atoms with Gasteiger partial charge in [-0.15, -0.1) is 0 Å². The Kier molecular flexibility index (Phi) is 6.49. The van der Waals surface area contributed by atoms with Gasteiger partial charge in [0.15, 0.2) is 15.5 Å². The first-order valence-electron chi connectivity index (χ1n) is 11.4. The van der Waals surface area contributed by atoms with Gasteiger partial charge in [-0.3, -0.25) is 0 Å². The van der Waals surface area contributed by atoms with E-state index < -0.39 is 19.9 Å². The van der Waals surface area contributed by atoms with E-state index in [1.54, 1.807) is 27.3 Å². The molecule has 0 saturated carbocycles. The predicted octanol–water partition coefficient (Wildman–Crippen LogP) is 3.19. The van der Waals surface area contributed by atoms with E-state index >= 15 is 0 Å². The number of hydrogen-bond donors (Lipinski definition) is 0. The van der Waals surface area contributed by atoms with Crippen molar-refractivity contribution in [2.45, 2.75) is 29.5 Å². The van der Waals surface area contributed by atoms with Crippen LogP contribution in [0.25, 0.3) is 11.0 Å². The van der Waals surface area contributed by atoms with Gasteiger partial charge >= 0.3 is 0 Å². The average molecular weight is 528 g/mol. The first-order chi connectivity index (χ1) is 17.2. The molecule has 1 aliphatic rings. The van der Waals surface area contributed by atoms with Gasteiger partial charge in [-0.2, -0.15) is 5.10 Å². The summed E-state index contributed by atoms with van der Waals surface area (Å²) in [5.41, 5.74) is 1.37. The Balaban J connectivity index is 1.30. The summed E-state index contributed by atoms with van der Waals surface area (Å²) >= 11 is 0. The minimum Gasteiger partial charge on any atom is -0.438 e. The lowest BCUT2D eigenvalue weighted by Crippen LogP contribution is -2.39. The Morgan fingerprint density at radius 3 is 2.31 bits per heavy atom. The third kappa shape index (κ3) is 5.11. The molecule has 188 valence electrons. The van der Waals surface area contributed by atoms with E-state index in [1.807, 2.05) is 30.3 Å². The number of fused-ring (bicyclic) bond motifs is 1. The van der Waals surface area contributed by atoms with Crippen molar-refractivity contribution in [1.29, 1.82) is 0 Å². The van der Waals surface area contributed by atoms with E-state index in [2.05, 4.69) is 15.1 Å². The van der Waals surface area contributed by atoms with Gasteiger partial charge in [0, 0.05) is 19.3 Å². The first kappa shape index (κ1) is 24.3. The molecule has 10 nitrogen and oxygen atoms in total. The molecule has 0 atom stereocenters. The summed E-state index contributed by atoms with van der Waals surface area (Å²) in [6.07, 6.45) is 5.39. The third-order valence-corrected chi connectivity index (χ3v) is 9.15. The molecule has 1 aliphatic heterocycles. The number of ether oxygens (including phenoxy) is 1. The Hall–Kier alpha value is -3.35. The zero-order valence-electron chi connectivity index (χ0n) is 19.6. The summed E-state index contributed by atoms with van der Waals surface area (Å²) in [5, 5.41) is 5.12. The molecule has 0 radical (unpaired) electrons. The minimum absolute atomic E-state index is 0.0116. The highest BCUT2D eigenvalue weighted by Crippen LogP contribution is 2.31. The summed E-state index contributed by atoms with van der Waals surface area (Å²) < 4.78 is 58.4. The number of sulfone groups is 1. The van der Waals surface area contributed by atoms with Crippen LogP contribution in [0.15, 0.2) is 72.0 Å². The molecule has 2 aromatic heterocycles. The van der Waals surface area contributed by atoms with Crippen molar-refractivity contribution in [3.8, 4) is 11.6 Å². The smallest absolute Gasteiger partial charge is 0.233 e. The molecule has 5 rings (SSSR count). The van der Waals surface area contributed by atoms with Crippen LogP contribution in [0.1, 0.15) is 24.4 Å². The Bertz CT molecular complexity index is 1580. The van der Waals surface area contributed by atoms with Crippen LogP contribution in [-0.2, 0) is 25.6 Å². The normalized spacial score (nSPS) is 15.8. The van der Waals surface area contributed by atoms with Gasteiger partial charge < -0.3 is 4.74 Å². The second kappa shape index (κ2) is 9.60. The van der Waals surface area contributed by atoms with Crippen LogP contribution in [0, 0.1) is 0 Å². The lowest BCUT2D eigenvalue weighted by atomic mass is 10.1. The minimum atomic E-state index is -3.40. The van der Waals surface area contributed by atoms with Gasteiger partial charge in [0.05, 0.1) is 22.9 Å². The molecule has 4 aromatic rings. The number of nitrogens with zero attached hydrogens (tertiary/aromatic N) is 5. The van der Waals surface area contributed by atoms with Crippen molar-refractivity contribution in [2.75, 3.05) is 19.3 Å². The van der Waals surface area contributed by atoms with Crippen molar-refractivity contribution in [1.82, 2.24) is 24.1 Å². The predicted molar refractivity (Wildman–Crippen MR) is 134 cm³/mol. The molecule has 0 unspecified atom stereocenters. The quantitative estimate of drug-likeness (QED) is 0.359. The van der Waals surface area contributed by atoms with Crippen LogP contribution < -0.4 is 4.74 Å². The third-order valence-electron chi connectivity index (χ3n) is 6.18. The van der Waals surface area contributed by atoms with Gasteiger partial charge in [0.1, 0.15) is 17.5 Å². The molecule has 36 heavy (non-hydrogen) atoms. The topological polar surface area (TPSA) is 124 Å². The van der Waals surface area contributed by atoms with Gasteiger partial charge in [-0.25, -0.2) is 35.8 Å². The van der Waals surface area contributed by atoms with Crippen LogP contribution in [0.4, 0.5) is 0 Å². The molecule has 12 heteroatoms. The lowest BCUT2D eigenvalue weighted by molar-refractivity contribution is 0.264. The van der Waals surface area contributed by atoms with E-state index in [0.29, 0.717) is 48.6 Å². The second-order valence-corrected chi connectivity index (χ2v) is 12.7. The standard InChI is InChI=1S/C24H25N5O5S2/c1-35(30,31)21-9-7-20(8-10-21)34-24-22-15-27-29(23(22)25-17-26-24)19-11-13-28(14-12-19)36(32,33)16-18-5-3-2-4-6-18/h2-10,15,17,19H,11-14,16H2,1H3. The summed E-state index contributed by atoms with van der Waals surface area (Å²) in [6, 6.07) is 15.3. The Labute approximate surface area is 209 Å². The number of aromatic nitrogens is 4. The molecule has 0 aliphatic carbocycles. The van der Waals surface area contributed by atoms with Crippen molar-refractivity contribution < 1.29 is 21.6 Å². The molecule has 0 N–H and O–H groups in total. The van der Waals surface area contributed by atoms with E-state index in [1.165, 1.54) is 18.5 Å². The molecule has 1 fully saturated rings. The fraction of sp³-hybridized carbons (Fsp3) is 0.292. The van der Waals surface area contributed by atoms with Crippen molar-refractivity contribution >= 4 is 30.9 Å². The molecule has 0 spiro atoms. The molecule has 3 heterocycles.